The summed E-state index contributed by atoms with van der Waals surface area (Å²) in [5, 5.41) is 26.4. The zero-order chi connectivity index (χ0) is 23.5. The highest BCUT2D eigenvalue weighted by Gasteiger charge is 2.16. The van der Waals surface area contributed by atoms with E-state index in [1.807, 2.05) is 48.5 Å². The van der Waals surface area contributed by atoms with Gasteiger partial charge >= 0.3 is 0 Å². The van der Waals surface area contributed by atoms with Gasteiger partial charge in [-0.15, -0.1) is 0 Å². The van der Waals surface area contributed by atoms with Gasteiger partial charge in [0.1, 0.15) is 13.2 Å². The van der Waals surface area contributed by atoms with Gasteiger partial charge in [-0.05, 0) is 53.0 Å². The van der Waals surface area contributed by atoms with Crippen LogP contribution in [0, 0.1) is 0 Å². The molecule has 0 saturated heterocycles. The fraction of sp³-hybridized carbons (Fsp3) is 0.240. The van der Waals surface area contributed by atoms with Gasteiger partial charge in [0.2, 0.25) is 0 Å². The summed E-state index contributed by atoms with van der Waals surface area (Å²) in [6, 6.07) is 17.9. The highest BCUT2D eigenvalue weighted by molar-refractivity contribution is 7.14. The summed E-state index contributed by atoms with van der Waals surface area (Å²) in [4.78, 5) is 0. The molecule has 1 unspecified atom stereocenters. The number of aromatic nitrogens is 1. The van der Waals surface area contributed by atoms with Gasteiger partial charge in [-0.3, -0.25) is 0 Å². The van der Waals surface area contributed by atoms with E-state index < -0.39 is 6.10 Å². The number of nitrogens with zero attached hydrogens (tertiary/aromatic N) is 1. The second-order valence-corrected chi connectivity index (χ2v) is 9.16. The van der Waals surface area contributed by atoms with Crippen molar-refractivity contribution < 1.29 is 19.7 Å². The maximum Gasteiger partial charge on any atom is 0.161 e. The van der Waals surface area contributed by atoms with E-state index in [1.165, 1.54) is 11.5 Å². The topological polar surface area (TPSA) is 95.9 Å². The molecule has 7 nitrogen and oxygen atoms in total. The van der Waals surface area contributed by atoms with Crippen molar-refractivity contribution in [2.24, 2.45) is 0 Å². The highest BCUT2D eigenvalue weighted by atomic mass is 35.5. The van der Waals surface area contributed by atoms with Gasteiger partial charge in [0, 0.05) is 24.0 Å². The molecule has 0 amide bonds. The van der Waals surface area contributed by atoms with E-state index in [1.54, 1.807) is 0 Å². The number of nitrogens with one attached hydrogen (secondary N) is 2. The number of aliphatic hydroxyl groups excluding tert-OH is 2. The van der Waals surface area contributed by atoms with Crippen molar-refractivity contribution in [2.75, 3.05) is 31.7 Å². The van der Waals surface area contributed by atoms with E-state index in [-0.39, 0.29) is 6.61 Å². The molecule has 4 N–H and O–H groups in total. The summed E-state index contributed by atoms with van der Waals surface area (Å²) in [7, 11) is 0. The second-order valence-electron chi connectivity index (χ2n) is 7.98. The van der Waals surface area contributed by atoms with Gasteiger partial charge in [0.05, 0.1) is 28.1 Å². The van der Waals surface area contributed by atoms with Crippen LogP contribution in [0.25, 0.3) is 21.2 Å². The van der Waals surface area contributed by atoms with Crippen LogP contribution in [0.2, 0.25) is 5.02 Å². The summed E-state index contributed by atoms with van der Waals surface area (Å²) in [6.45, 7) is 1.70. The van der Waals surface area contributed by atoms with Crippen molar-refractivity contribution in [2.45, 2.75) is 12.6 Å². The van der Waals surface area contributed by atoms with Crippen molar-refractivity contribution in [3.8, 4) is 22.6 Å². The van der Waals surface area contributed by atoms with Gasteiger partial charge in [0.15, 0.2) is 17.3 Å². The third kappa shape index (κ3) is 4.82. The van der Waals surface area contributed by atoms with Crippen molar-refractivity contribution in [1.82, 2.24) is 9.69 Å². The number of anilines is 2. The largest absolute Gasteiger partial charge is 0.486 e. The summed E-state index contributed by atoms with van der Waals surface area (Å²) >= 11 is 7.97. The minimum atomic E-state index is -0.776. The lowest BCUT2D eigenvalue weighted by Crippen LogP contribution is -2.28. The Morgan fingerprint density at radius 2 is 1.91 bits per heavy atom. The molecule has 4 aromatic rings. The molecule has 0 aliphatic carbocycles. The van der Waals surface area contributed by atoms with Crippen LogP contribution in [-0.2, 0) is 6.54 Å². The predicted molar refractivity (Wildman–Crippen MR) is 136 cm³/mol. The van der Waals surface area contributed by atoms with Gasteiger partial charge in [-0.1, -0.05) is 35.9 Å². The van der Waals surface area contributed by atoms with E-state index in [0.717, 1.165) is 49.8 Å². The Morgan fingerprint density at radius 1 is 1.06 bits per heavy atom. The monoisotopic (exact) mass is 497 g/mol. The molecule has 176 valence electrons. The third-order valence-corrected chi connectivity index (χ3v) is 6.77. The lowest BCUT2D eigenvalue weighted by Gasteiger charge is -2.19. The molecule has 2 heterocycles. The Labute approximate surface area is 206 Å². The Morgan fingerprint density at radius 3 is 2.74 bits per heavy atom. The zero-order valence-electron chi connectivity index (χ0n) is 18.3. The maximum absolute atomic E-state index is 9.44. The number of halogens is 1. The molecule has 0 saturated carbocycles. The van der Waals surface area contributed by atoms with Gasteiger partial charge in [-0.2, -0.15) is 4.37 Å². The first-order valence-corrected chi connectivity index (χ1v) is 12.1. The predicted octanol–water partition coefficient (Wildman–Crippen LogP) is 4.57. The Balaban J connectivity index is 1.37. The number of benzene rings is 3. The molecule has 0 spiro atoms. The van der Waals surface area contributed by atoms with Crippen molar-refractivity contribution in [3.63, 3.8) is 0 Å². The molecule has 1 aliphatic rings. The van der Waals surface area contributed by atoms with Crippen LogP contribution in [0.1, 0.15) is 5.56 Å². The molecule has 5 rings (SSSR count). The fourth-order valence-electron chi connectivity index (χ4n) is 3.84. The number of ether oxygens (including phenoxy) is 2. The molecular weight excluding hydrogens is 474 g/mol. The SMILES string of the molecule is OCC(O)CNCc1ccc(Nc2nsc3c(-c4ccc5c(c4)OCCO5)cccc23)c(Cl)c1. The smallest absolute Gasteiger partial charge is 0.161 e. The number of rotatable bonds is 8. The number of hydrogen-bond donors (Lipinski definition) is 4. The Hall–Kier alpha value is -2.88. The maximum atomic E-state index is 9.44. The molecule has 9 heteroatoms. The summed E-state index contributed by atoms with van der Waals surface area (Å²) in [6.07, 6.45) is -0.776. The molecule has 34 heavy (non-hydrogen) atoms. The molecule has 3 aromatic carbocycles. The molecular formula is C25H24ClN3O4S. The van der Waals surface area contributed by atoms with Crippen LogP contribution in [-0.4, -0.2) is 47.1 Å². The molecule has 0 bridgehead atoms. The molecule has 1 aliphatic heterocycles. The number of hydrogen-bond acceptors (Lipinski definition) is 8. The van der Waals surface area contributed by atoms with E-state index in [4.69, 9.17) is 26.2 Å². The lowest BCUT2D eigenvalue weighted by atomic mass is 10.0. The first-order chi connectivity index (χ1) is 16.6. The third-order valence-electron chi connectivity index (χ3n) is 5.56. The van der Waals surface area contributed by atoms with Crippen LogP contribution in [0.3, 0.4) is 0 Å². The zero-order valence-corrected chi connectivity index (χ0v) is 19.8. The van der Waals surface area contributed by atoms with Crippen LogP contribution >= 0.6 is 23.1 Å². The first-order valence-electron chi connectivity index (χ1n) is 11.0. The van der Waals surface area contributed by atoms with Gasteiger partial charge in [0.25, 0.3) is 0 Å². The summed E-state index contributed by atoms with van der Waals surface area (Å²) in [5.41, 5.74) is 3.87. The second kappa shape index (κ2) is 10.2. The van der Waals surface area contributed by atoms with E-state index in [9.17, 15) is 5.11 Å². The Bertz CT molecular complexity index is 1310. The molecule has 1 atom stereocenters. The number of aliphatic hydroxyl groups is 2. The number of fused-ring (bicyclic) bond motifs is 2. The summed E-state index contributed by atoms with van der Waals surface area (Å²) in [5.74, 6) is 2.28. The van der Waals surface area contributed by atoms with E-state index in [0.29, 0.717) is 31.3 Å². The lowest BCUT2D eigenvalue weighted by molar-refractivity contribution is 0.0942. The van der Waals surface area contributed by atoms with Gasteiger partial charge < -0.3 is 30.3 Å². The van der Waals surface area contributed by atoms with Crippen LogP contribution in [0.5, 0.6) is 11.5 Å². The van der Waals surface area contributed by atoms with Crippen LogP contribution in [0.4, 0.5) is 11.5 Å². The fourth-order valence-corrected chi connectivity index (χ4v) is 4.96. The minimum Gasteiger partial charge on any atom is -0.486 e. The van der Waals surface area contributed by atoms with Crippen molar-refractivity contribution >= 4 is 44.7 Å². The normalized spacial score (nSPS) is 13.7. The standard InChI is InChI=1S/C25H24ClN3O4S/c26-20-10-15(12-27-13-17(31)14-30)4-6-21(20)28-25-19-3-1-2-18(24(19)34-29-25)16-5-7-22-23(11-16)33-9-8-32-22/h1-7,10-11,17,27,30-31H,8-9,12-14H2,(H,28,29). The minimum absolute atomic E-state index is 0.269. The van der Waals surface area contributed by atoms with Crippen LogP contribution < -0.4 is 20.1 Å². The first kappa shape index (κ1) is 22.9. The summed E-state index contributed by atoms with van der Waals surface area (Å²) < 4.78 is 17.1. The van der Waals surface area contributed by atoms with Crippen molar-refractivity contribution in [3.05, 3.63) is 65.2 Å². The van der Waals surface area contributed by atoms with E-state index in [2.05, 4.69) is 21.1 Å². The highest BCUT2D eigenvalue weighted by Crippen LogP contribution is 2.40. The molecule has 1 aromatic heterocycles. The molecule has 0 fully saturated rings. The van der Waals surface area contributed by atoms with E-state index >= 15 is 0 Å². The molecule has 0 radical (unpaired) electrons. The average Bonchev–Trinajstić information content (AvgIpc) is 3.28. The Kier molecular flexibility index (Phi) is 6.85. The van der Waals surface area contributed by atoms with Crippen LogP contribution in [0.15, 0.2) is 54.6 Å². The van der Waals surface area contributed by atoms with Gasteiger partial charge in [-0.25, -0.2) is 0 Å². The van der Waals surface area contributed by atoms with Crippen molar-refractivity contribution in [1.29, 1.82) is 0 Å². The average molecular weight is 498 g/mol. The quantitative estimate of drug-likeness (QED) is 0.283.